The van der Waals surface area contributed by atoms with Gasteiger partial charge in [-0.3, -0.25) is 0 Å². The van der Waals surface area contributed by atoms with E-state index in [0.29, 0.717) is 12.5 Å². The lowest BCUT2D eigenvalue weighted by molar-refractivity contribution is -0.928. The molecule has 1 atom stereocenters. The molecular weight excluding hydrogens is 354 g/mol. The third-order valence-electron chi connectivity index (χ3n) is 5.38. The fraction of sp³-hybridized carbons (Fsp3) is 0.259. The molecule has 0 aliphatic heterocycles. The van der Waals surface area contributed by atoms with Crippen LogP contribution in [0.25, 0.3) is 0 Å². The standard InChI is InChI=1S/C27H29NO/c1-23(2)28(22-24-14-6-3-7-15-24)21-13-12-20-27(29,25-16-8-4-9-17-25)26-18-10-5-11-19-26/h3-11,14-19,23,29H,20-22H2,1-2H3/p+1. The molecule has 148 valence electrons. The second-order valence-electron chi connectivity index (χ2n) is 7.77. The van der Waals surface area contributed by atoms with E-state index in [1.54, 1.807) is 0 Å². The first-order valence-electron chi connectivity index (χ1n) is 10.3. The quantitative estimate of drug-likeness (QED) is 0.595. The van der Waals surface area contributed by atoms with Gasteiger partial charge in [-0.25, -0.2) is 0 Å². The van der Waals surface area contributed by atoms with Gasteiger partial charge in [0, 0.05) is 12.0 Å². The summed E-state index contributed by atoms with van der Waals surface area (Å²) in [7, 11) is 0. The molecule has 2 nitrogen and oxygen atoms in total. The predicted octanol–water partition coefficient (Wildman–Crippen LogP) is 3.81. The van der Waals surface area contributed by atoms with Crippen LogP contribution < -0.4 is 4.90 Å². The van der Waals surface area contributed by atoms with Crippen LogP contribution in [-0.2, 0) is 12.1 Å². The van der Waals surface area contributed by atoms with Gasteiger partial charge < -0.3 is 10.0 Å². The Morgan fingerprint density at radius 3 is 1.72 bits per heavy atom. The lowest BCUT2D eigenvalue weighted by Gasteiger charge is -2.27. The van der Waals surface area contributed by atoms with Crippen molar-refractivity contribution in [3.8, 4) is 11.8 Å². The fourth-order valence-corrected chi connectivity index (χ4v) is 3.49. The Kier molecular flexibility index (Phi) is 7.25. The highest BCUT2D eigenvalue weighted by Gasteiger charge is 2.30. The Morgan fingerprint density at radius 2 is 1.24 bits per heavy atom. The van der Waals surface area contributed by atoms with Crippen LogP contribution >= 0.6 is 0 Å². The lowest BCUT2D eigenvalue weighted by Crippen LogP contribution is -3.13. The van der Waals surface area contributed by atoms with Gasteiger partial charge in [0.1, 0.15) is 18.7 Å². The number of hydrogen-bond acceptors (Lipinski definition) is 1. The van der Waals surface area contributed by atoms with Crippen LogP contribution in [0.4, 0.5) is 0 Å². The van der Waals surface area contributed by atoms with E-state index in [9.17, 15) is 5.11 Å². The van der Waals surface area contributed by atoms with Gasteiger partial charge in [0.2, 0.25) is 0 Å². The molecule has 0 bridgehead atoms. The first-order valence-corrected chi connectivity index (χ1v) is 10.3. The highest BCUT2D eigenvalue weighted by molar-refractivity contribution is 5.37. The van der Waals surface area contributed by atoms with Crippen LogP contribution in [0, 0.1) is 11.8 Å². The molecule has 0 radical (unpaired) electrons. The maximum atomic E-state index is 11.6. The van der Waals surface area contributed by atoms with Crippen molar-refractivity contribution in [1.82, 2.24) is 0 Å². The summed E-state index contributed by atoms with van der Waals surface area (Å²) < 4.78 is 0. The molecule has 0 heterocycles. The molecule has 29 heavy (non-hydrogen) atoms. The Morgan fingerprint density at radius 1 is 0.759 bits per heavy atom. The maximum Gasteiger partial charge on any atom is 0.139 e. The SMILES string of the molecule is CC(C)[NH+](CC#CCC(O)(c1ccccc1)c1ccccc1)Cc1ccccc1. The van der Waals surface area contributed by atoms with Crippen LogP contribution in [0.5, 0.6) is 0 Å². The molecule has 2 N–H and O–H groups in total. The second-order valence-corrected chi connectivity index (χ2v) is 7.77. The van der Waals surface area contributed by atoms with E-state index >= 15 is 0 Å². The maximum absolute atomic E-state index is 11.6. The molecule has 1 unspecified atom stereocenters. The molecule has 0 aliphatic rings. The lowest BCUT2D eigenvalue weighted by atomic mass is 9.84. The first-order chi connectivity index (χ1) is 14.1. The van der Waals surface area contributed by atoms with Gasteiger partial charge >= 0.3 is 0 Å². The van der Waals surface area contributed by atoms with Crippen LogP contribution in [0.3, 0.4) is 0 Å². The highest BCUT2D eigenvalue weighted by atomic mass is 16.3. The van der Waals surface area contributed by atoms with E-state index in [1.807, 2.05) is 66.7 Å². The van der Waals surface area contributed by atoms with Crippen molar-refractivity contribution in [1.29, 1.82) is 0 Å². The number of quaternary nitrogens is 1. The van der Waals surface area contributed by atoms with E-state index in [0.717, 1.165) is 24.2 Å². The van der Waals surface area contributed by atoms with Gasteiger partial charge in [0.05, 0.1) is 6.04 Å². The highest BCUT2D eigenvalue weighted by Crippen LogP contribution is 2.32. The van der Waals surface area contributed by atoms with E-state index in [4.69, 9.17) is 0 Å². The molecule has 3 aromatic carbocycles. The molecule has 0 saturated heterocycles. The second kappa shape index (κ2) is 10.1. The summed E-state index contributed by atoms with van der Waals surface area (Å²) in [4.78, 5) is 1.42. The normalized spacial score (nSPS) is 12.3. The summed E-state index contributed by atoms with van der Waals surface area (Å²) in [6.45, 7) is 6.16. The molecular formula is C27H30NO+. The van der Waals surface area contributed by atoms with Gasteiger partial charge in [-0.05, 0) is 30.9 Å². The summed E-state index contributed by atoms with van der Waals surface area (Å²) in [6, 6.07) is 30.7. The molecule has 3 rings (SSSR count). The zero-order chi connectivity index (χ0) is 20.5. The third-order valence-corrected chi connectivity index (χ3v) is 5.38. The van der Waals surface area contributed by atoms with Crippen molar-refractivity contribution < 1.29 is 10.0 Å². The molecule has 2 heteroatoms. The van der Waals surface area contributed by atoms with E-state index in [-0.39, 0.29) is 0 Å². The zero-order valence-electron chi connectivity index (χ0n) is 17.3. The Bertz CT molecular complexity index is 884. The first kappa shape index (κ1) is 20.9. The number of rotatable bonds is 7. The summed E-state index contributed by atoms with van der Waals surface area (Å²) in [5.41, 5.74) is 1.96. The Hall–Kier alpha value is -2.86. The number of hydrogen-bond donors (Lipinski definition) is 2. The van der Waals surface area contributed by atoms with Crippen molar-refractivity contribution in [2.75, 3.05) is 6.54 Å². The van der Waals surface area contributed by atoms with Crippen molar-refractivity contribution >= 4 is 0 Å². The van der Waals surface area contributed by atoms with Gasteiger partial charge in [0.15, 0.2) is 0 Å². The van der Waals surface area contributed by atoms with Crippen LogP contribution in [0.15, 0.2) is 91.0 Å². The predicted molar refractivity (Wildman–Crippen MR) is 119 cm³/mol. The molecule has 0 fully saturated rings. The van der Waals surface area contributed by atoms with E-state index in [1.165, 1.54) is 10.5 Å². The molecule has 0 amide bonds. The smallest absolute Gasteiger partial charge is 0.139 e. The summed E-state index contributed by atoms with van der Waals surface area (Å²) >= 11 is 0. The molecule has 0 saturated carbocycles. The topological polar surface area (TPSA) is 24.7 Å². The molecule has 0 spiro atoms. The average molecular weight is 385 g/mol. The van der Waals surface area contributed by atoms with Crippen molar-refractivity contribution in [3.63, 3.8) is 0 Å². The number of benzene rings is 3. The van der Waals surface area contributed by atoms with Gasteiger partial charge in [0.25, 0.3) is 0 Å². The Balaban J connectivity index is 1.75. The van der Waals surface area contributed by atoms with Gasteiger partial charge in [-0.2, -0.15) is 0 Å². The summed E-state index contributed by atoms with van der Waals surface area (Å²) in [5, 5.41) is 11.6. The van der Waals surface area contributed by atoms with Gasteiger partial charge in [-0.15, -0.1) is 0 Å². The van der Waals surface area contributed by atoms with Gasteiger partial charge in [-0.1, -0.05) is 96.9 Å². The Labute approximate surface area is 174 Å². The minimum Gasteiger partial charge on any atom is -0.379 e. The largest absolute Gasteiger partial charge is 0.379 e. The minimum atomic E-state index is -1.10. The number of nitrogens with one attached hydrogen (secondary N) is 1. The van der Waals surface area contributed by atoms with Crippen LogP contribution in [0.2, 0.25) is 0 Å². The molecule has 0 aliphatic carbocycles. The summed E-state index contributed by atoms with van der Waals surface area (Å²) in [6.07, 6.45) is 0.373. The summed E-state index contributed by atoms with van der Waals surface area (Å²) in [5.74, 6) is 6.61. The minimum absolute atomic E-state index is 0.373. The van der Waals surface area contributed by atoms with Crippen molar-refractivity contribution in [2.24, 2.45) is 0 Å². The third kappa shape index (κ3) is 5.57. The zero-order valence-corrected chi connectivity index (χ0v) is 17.3. The average Bonchev–Trinajstić information content (AvgIpc) is 2.77. The molecule has 0 aromatic heterocycles. The van der Waals surface area contributed by atoms with Crippen LogP contribution in [-0.4, -0.2) is 17.7 Å². The molecule has 3 aromatic rings. The van der Waals surface area contributed by atoms with Crippen molar-refractivity contribution in [3.05, 3.63) is 108 Å². The van der Waals surface area contributed by atoms with Crippen molar-refractivity contribution in [2.45, 2.75) is 38.5 Å². The van der Waals surface area contributed by atoms with E-state index < -0.39 is 5.60 Å². The number of aliphatic hydroxyl groups is 1. The van der Waals surface area contributed by atoms with Crippen LogP contribution in [0.1, 0.15) is 37.0 Å². The van der Waals surface area contributed by atoms with E-state index in [2.05, 4.69) is 50.0 Å². The monoisotopic (exact) mass is 384 g/mol. The fourth-order valence-electron chi connectivity index (χ4n) is 3.49.